The van der Waals surface area contributed by atoms with Crippen LogP contribution in [0.2, 0.25) is 5.02 Å². The quantitative estimate of drug-likeness (QED) is 0.399. The molecule has 6 nitrogen and oxygen atoms in total. The molecule has 2 aromatic carbocycles. The number of Topliss-reactive ketones (excluding diaryl/α,β-unsaturated/α-hetero) is 1. The van der Waals surface area contributed by atoms with Crippen molar-refractivity contribution < 1.29 is 9.53 Å². The summed E-state index contributed by atoms with van der Waals surface area (Å²) in [5.41, 5.74) is 3.62. The molecule has 0 radical (unpaired) electrons. The van der Waals surface area contributed by atoms with E-state index >= 15 is 0 Å². The predicted molar refractivity (Wildman–Crippen MR) is 120 cm³/mol. The van der Waals surface area contributed by atoms with Gasteiger partial charge in [-0.3, -0.25) is 4.79 Å². The second-order valence-electron chi connectivity index (χ2n) is 7.46. The van der Waals surface area contributed by atoms with Crippen molar-refractivity contribution in [2.75, 3.05) is 7.11 Å². The smallest absolute Gasteiger partial charge is 0.253 e. The van der Waals surface area contributed by atoms with Crippen molar-refractivity contribution in [1.29, 1.82) is 0 Å². The maximum Gasteiger partial charge on any atom is 0.253 e. The standard InChI is InChI=1S/C23H19ClN4O2S/c1-30-18-7-5-15(6-8-18)16-10-20-19(21(29)11-16)12-28-22(25-20)26-23(27-28)31-13-14-3-2-4-17(24)9-14/h2-9,12,16H,10-11,13H2,1H3/t16-/m0/s1. The van der Waals surface area contributed by atoms with Gasteiger partial charge < -0.3 is 4.74 Å². The van der Waals surface area contributed by atoms with Crippen molar-refractivity contribution in [3.63, 3.8) is 0 Å². The van der Waals surface area contributed by atoms with Crippen molar-refractivity contribution in [1.82, 2.24) is 19.6 Å². The van der Waals surface area contributed by atoms with E-state index in [1.807, 2.05) is 48.5 Å². The summed E-state index contributed by atoms with van der Waals surface area (Å²) in [6.45, 7) is 0. The van der Waals surface area contributed by atoms with Crippen LogP contribution in [0.25, 0.3) is 5.78 Å². The maximum absolute atomic E-state index is 12.8. The summed E-state index contributed by atoms with van der Waals surface area (Å²) < 4.78 is 6.83. The molecule has 0 bridgehead atoms. The molecule has 0 saturated carbocycles. The molecule has 8 heteroatoms. The Bertz CT molecular complexity index is 1270. The van der Waals surface area contributed by atoms with Gasteiger partial charge in [-0.25, -0.2) is 9.50 Å². The fourth-order valence-electron chi connectivity index (χ4n) is 3.81. The van der Waals surface area contributed by atoms with Gasteiger partial charge in [0.1, 0.15) is 5.75 Å². The monoisotopic (exact) mass is 450 g/mol. The van der Waals surface area contributed by atoms with E-state index in [4.69, 9.17) is 16.3 Å². The molecule has 2 heterocycles. The summed E-state index contributed by atoms with van der Waals surface area (Å²) in [5.74, 6) is 2.20. The molecule has 0 aliphatic heterocycles. The molecule has 0 N–H and O–H groups in total. The Morgan fingerprint density at radius 3 is 2.77 bits per heavy atom. The number of benzene rings is 2. The van der Waals surface area contributed by atoms with Gasteiger partial charge in [0, 0.05) is 23.4 Å². The lowest BCUT2D eigenvalue weighted by Crippen LogP contribution is -2.21. The highest BCUT2D eigenvalue weighted by molar-refractivity contribution is 7.98. The summed E-state index contributed by atoms with van der Waals surface area (Å²) in [4.78, 5) is 22.1. The van der Waals surface area contributed by atoms with Crippen LogP contribution >= 0.6 is 23.4 Å². The average Bonchev–Trinajstić information content (AvgIpc) is 3.18. The van der Waals surface area contributed by atoms with Gasteiger partial charge in [0.05, 0.1) is 18.4 Å². The third kappa shape index (κ3) is 4.16. The summed E-state index contributed by atoms with van der Waals surface area (Å²) in [6.07, 6.45) is 2.92. The number of halogens is 1. The number of thioether (sulfide) groups is 1. The number of nitrogens with zero attached hydrogens (tertiary/aromatic N) is 4. The van der Waals surface area contributed by atoms with Gasteiger partial charge in [-0.1, -0.05) is 47.6 Å². The van der Waals surface area contributed by atoms with Crippen molar-refractivity contribution in [3.05, 3.63) is 82.1 Å². The van der Waals surface area contributed by atoms with Crippen LogP contribution in [0.4, 0.5) is 0 Å². The van der Waals surface area contributed by atoms with E-state index < -0.39 is 0 Å². The molecule has 1 aliphatic rings. The third-order valence-corrected chi connectivity index (χ3v) is 6.55. The highest BCUT2D eigenvalue weighted by Gasteiger charge is 2.28. The van der Waals surface area contributed by atoms with Crippen molar-refractivity contribution in [2.45, 2.75) is 29.7 Å². The lowest BCUT2D eigenvalue weighted by Gasteiger charge is -2.23. The number of hydrogen-bond donors (Lipinski definition) is 0. The summed E-state index contributed by atoms with van der Waals surface area (Å²) in [7, 11) is 1.64. The lowest BCUT2D eigenvalue weighted by molar-refractivity contribution is 0.0962. The summed E-state index contributed by atoms with van der Waals surface area (Å²) in [6, 6.07) is 15.6. The van der Waals surface area contributed by atoms with E-state index in [0.29, 0.717) is 40.1 Å². The Labute approximate surface area is 188 Å². The molecule has 4 aromatic rings. The van der Waals surface area contributed by atoms with Gasteiger partial charge in [0.2, 0.25) is 5.16 Å². The molecule has 5 rings (SSSR count). The zero-order valence-electron chi connectivity index (χ0n) is 16.8. The summed E-state index contributed by atoms with van der Waals surface area (Å²) in [5, 5.41) is 5.82. The Hall–Kier alpha value is -2.90. The average molecular weight is 451 g/mol. The molecular formula is C23H19ClN4O2S. The van der Waals surface area contributed by atoms with Crippen LogP contribution in [0.1, 0.15) is 39.5 Å². The van der Waals surface area contributed by atoms with Crippen LogP contribution in [0.5, 0.6) is 5.75 Å². The number of carbonyl (C=O) groups excluding carboxylic acids is 1. The van der Waals surface area contributed by atoms with Crippen molar-refractivity contribution in [3.8, 4) is 5.75 Å². The molecule has 31 heavy (non-hydrogen) atoms. The number of ether oxygens (including phenoxy) is 1. The highest BCUT2D eigenvalue weighted by Crippen LogP contribution is 2.33. The normalized spacial score (nSPS) is 15.8. The van der Waals surface area contributed by atoms with E-state index in [2.05, 4.69) is 15.1 Å². The first-order valence-electron chi connectivity index (χ1n) is 9.90. The Morgan fingerprint density at radius 1 is 1.16 bits per heavy atom. The van der Waals surface area contributed by atoms with Gasteiger partial charge >= 0.3 is 0 Å². The van der Waals surface area contributed by atoms with E-state index in [-0.39, 0.29) is 11.7 Å². The number of fused-ring (bicyclic) bond motifs is 2. The number of methoxy groups -OCH3 is 1. The zero-order valence-corrected chi connectivity index (χ0v) is 18.4. The Balaban J connectivity index is 1.38. The first-order valence-corrected chi connectivity index (χ1v) is 11.3. The Morgan fingerprint density at radius 2 is 2.00 bits per heavy atom. The molecule has 0 unspecified atom stereocenters. The maximum atomic E-state index is 12.8. The van der Waals surface area contributed by atoms with E-state index in [1.165, 1.54) is 11.8 Å². The number of rotatable bonds is 5. The zero-order chi connectivity index (χ0) is 21.4. The van der Waals surface area contributed by atoms with Gasteiger partial charge in [-0.15, -0.1) is 5.10 Å². The minimum atomic E-state index is 0.0834. The van der Waals surface area contributed by atoms with Crippen molar-refractivity contribution >= 4 is 34.9 Å². The van der Waals surface area contributed by atoms with Gasteiger partial charge in [-0.2, -0.15) is 4.98 Å². The molecule has 1 atom stereocenters. The molecular weight excluding hydrogens is 432 g/mol. The van der Waals surface area contributed by atoms with Crippen molar-refractivity contribution in [2.24, 2.45) is 0 Å². The minimum absolute atomic E-state index is 0.0834. The second-order valence-corrected chi connectivity index (χ2v) is 8.84. The molecule has 156 valence electrons. The van der Waals surface area contributed by atoms with E-state index in [9.17, 15) is 4.79 Å². The van der Waals surface area contributed by atoms with Crippen LogP contribution < -0.4 is 4.74 Å². The SMILES string of the molecule is COc1ccc([C@@H]2CC(=O)c3cn4nc(SCc5cccc(Cl)c5)nc4nc3C2)cc1. The number of hydrogen-bond acceptors (Lipinski definition) is 6. The van der Waals surface area contributed by atoms with Gasteiger partial charge in [0.15, 0.2) is 5.78 Å². The third-order valence-electron chi connectivity index (χ3n) is 5.41. The second kappa shape index (κ2) is 8.32. The first kappa shape index (κ1) is 20.0. The fraction of sp³-hybridized carbons (Fsp3) is 0.217. The predicted octanol–water partition coefficient (Wildman–Crippen LogP) is 4.99. The van der Waals surface area contributed by atoms with Crippen LogP contribution in [0.15, 0.2) is 59.9 Å². The van der Waals surface area contributed by atoms with E-state index in [0.717, 1.165) is 22.6 Å². The Kier molecular flexibility index (Phi) is 5.38. The highest BCUT2D eigenvalue weighted by atomic mass is 35.5. The van der Waals surface area contributed by atoms with Crippen LogP contribution in [0.3, 0.4) is 0 Å². The fourth-order valence-corrected chi connectivity index (χ4v) is 4.79. The topological polar surface area (TPSA) is 69.4 Å². The number of aromatic nitrogens is 4. The van der Waals surface area contributed by atoms with E-state index in [1.54, 1.807) is 17.8 Å². The number of carbonyl (C=O) groups is 1. The van der Waals surface area contributed by atoms with Crippen LogP contribution in [-0.4, -0.2) is 32.5 Å². The van der Waals surface area contributed by atoms with Crippen LogP contribution in [0, 0.1) is 0 Å². The molecule has 0 spiro atoms. The molecule has 0 amide bonds. The lowest BCUT2D eigenvalue weighted by atomic mass is 9.82. The molecule has 0 fully saturated rings. The molecule has 1 aliphatic carbocycles. The molecule has 2 aromatic heterocycles. The minimum Gasteiger partial charge on any atom is -0.497 e. The first-order chi connectivity index (χ1) is 15.1. The van der Waals surface area contributed by atoms with Gasteiger partial charge in [-0.05, 0) is 47.7 Å². The summed E-state index contributed by atoms with van der Waals surface area (Å²) >= 11 is 7.57. The van der Waals surface area contributed by atoms with Gasteiger partial charge in [0.25, 0.3) is 5.78 Å². The largest absolute Gasteiger partial charge is 0.497 e. The van der Waals surface area contributed by atoms with Crippen LogP contribution in [-0.2, 0) is 12.2 Å². The number of ketones is 1. The molecule has 0 saturated heterocycles.